The summed E-state index contributed by atoms with van der Waals surface area (Å²) in [7, 11) is 0. The third-order valence-electron chi connectivity index (χ3n) is 3.65. The quantitative estimate of drug-likeness (QED) is 0.447. The van der Waals surface area contributed by atoms with Gasteiger partial charge in [-0.25, -0.2) is 5.43 Å². The molecule has 7 heteroatoms. The zero-order valence-electron chi connectivity index (χ0n) is 15.2. The second-order valence-electron chi connectivity index (χ2n) is 5.64. The highest BCUT2D eigenvalue weighted by atomic mass is 35.5. The molecule has 3 aromatic rings. The van der Waals surface area contributed by atoms with E-state index in [0.29, 0.717) is 34.6 Å². The van der Waals surface area contributed by atoms with Gasteiger partial charge in [-0.1, -0.05) is 35.9 Å². The number of amides is 1. The van der Waals surface area contributed by atoms with Crippen LogP contribution in [0.15, 0.2) is 70.2 Å². The van der Waals surface area contributed by atoms with E-state index in [0.717, 1.165) is 5.56 Å². The van der Waals surface area contributed by atoms with E-state index in [2.05, 4.69) is 10.5 Å². The maximum absolute atomic E-state index is 11.9. The van der Waals surface area contributed by atoms with Gasteiger partial charge in [0.05, 0.1) is 17.8 Å². The van der Waals surface area contributed by atoms with Crippen molar-refractivity contribution in [3.63, 3.8) is 0 Å². The van der Waals surface area contributed by atoms with E-state index in [-0.39, 0.29) is 6.61 Å². The fourth-order valence-corrected chi connectivity index (χ4v) is 2.64. The van der Waals surface area contributed by atoms with Crippen LogP contribution in [0.4, 0.5) is 0 Å². The number of carbonyl (C=O) groups excluding carboxylic acids is 1. The standard InChI is InChI=1S/C21H19ClN2O4/c1-2-26-19-9-5-6-10-20(19)27-14-21(25)24-23-13-15-11-12-18(28-15)16-7-3-4-8-17(16)22/h3-13H,2,14H2,1H3,(H,24,25)/b23-13-. The summed E-state index contributed by atoms with van der Waals surface area (Å²) in [6.07, 6.45) is 1.41. The molecule has 3 rings (SSSR count). The van der Waals surface area contributed by atoms with Crippen molar-refractivity contribution in [3.8, 4) is 22.8 Å². The fraction of sp³-hybridized carbons (Fsp3) is 0.143. The van der Waals surface area contributed by atoms with Gasteiger partial charge in [0.25, 0.3) is 5.91 Å². The zero-order valence-corrected chi connectivity index (χ0v) is 16.0. The number of halogens is 1. The molecule has 0 unspecified atom stereocenters. The Morgan fingerprint density at radius 3 is 2.54 bits per heavy atom. The zero-order chi connectivity index (χ0) is 19.8. The van der Waals surface area contributed by atoms with E-state index in [4.69, 9.17) is 25.5 Å². The first-order chi connectivity index (χ1) is 13.7. The van der Waals surface area contributed by atoms with E-state index in [1.54, 1.807) is 36.4 Å². The minimum atomic E-state index is -0.402. The molecule has 2 aromatic carbocycles. The van der Waals surface area contributed by atoms with Crippen LogP contribution in [0.25, 0.3) is 11.3 Å². The minimum Gasteiger partial charge on any atom is -0.490 e. The Balaban J connectivity index is 1.53. The Kier molecular flexibility index (Phi) is 6.70. The normalized spacial score (nSPS) is 10.8. The number of furan rings is 1. The van der Waals surface area contributed by atoms with Gasteiger partial charge in [-0.3, -0.25) is 4.79 Å². The van der Waals surface area contributed by atoms with Gasteiger partial charge in [0.15, 0.2) is 18.1 Å². The van der Waals surface area contributed by atoms with Crippen molar-refractivity contribution in [1.29, 1.82) is 0 Å². The van der Waals surface area contributed by atoms with Gasteiger partial charge in [-0.2, -0.15) is 5.10 Å². The van der Waals surface area contributed by atoms with Gasteiger partial charge >= 0.3 is 0 Å². The van der Waals surface area contributed by atoms with Gasteiger partial charge in [0, 0.05) is 5.56 Å². The number of benzene rings is 2. The number of hydrogen-bond acceptors (Lipinski definition) is 5. The molecule has 0 bridgehead atoms. The van der Waals surface area contributed by atoms with E-state index in [9.17, 15) is 4.79 Å². The van der Waals surface area contributed by atoms with Crippen LogP contribution in [0.2, 0.25) is 5.02 Å². The van der Waals surface area contributed by atoms with Crippen molar-refractivity contribution >= 4 is 23.7 Å². The number of hydrazone groups is 1. The number of hydrogen-bond donors (Lipinski definition) is 1. The SMILES string of the molecule is CCOc1ccccc1OCC(=O)N/N=C\c1ccc(-c2ccccc2Cl)o1. The van der Waals surface area contributed by atoms with Crippen LogP contribution < -0.4 is 14.9 Å². The van der Waals surface area contributed by atoms with Gasteiger partial charge < -0.3 is 13.9 Å². The maximum atomic E-state index is 11.9. The van der Waals surface area contributed by atoms with Crippen LogP contribution in [0.1, 0.15) is 12.7 Å². The Morgan fingerprint density at radius 1 is 1.07 bits per heavy atom. The third-order valence-corrected chi connectivity index (χ3v) is 3.98. The molecule has 0 aliphatic rings. The van der Waals surface area contributed by atoms with Gasteiger partial charge in [-0.05, 0) is 43.3 Å². The first-order valence-corrected chi connectivity index (χ1v) is 9.06. The van der Waals surface area contributed by atoms with Crippen molar-refractivity contribution in [3.05, 3.63) is 71.4 Å². The Bertz CT molecular complexity index is 968. The summed E-state index contributed by atoms with van der Waals surface area (Å²) in [5.41, 5.74) is 3.18. The summed E-state index contributed by atoms with van der Waals surface area (Å²) in [5.74, 6) is 1.79. The molecule has 144 valence electrons. The topological polar surface area (TPSA) is 73.1 Å². The summed E-state index contributed by atoms with van der Waals surface area (Å²) in [5, 5.41) is 4.47. The van der Waals surface area contributed by atoms with Crippen molar-refractivity contribution in [2.24, 2.45) is 5.10 Å². The van der Waals surface area contributed by atoms with E-state index in [1.807, 2.05) is 31.2 Å². The number of para-hydroxylation sites is 2. The first-order valence-electron chi connectivity index (χ1n) is 8.68. The molecule has 0 aliphatic heterocycles. The molecule has 0 saturated carbocycles. The second kappa shape index (κ2) is 9.62. The lowest BCUT2D eigenvalue weighted by Gasteiger charge is -2.10. The molecule has 1 N–H and O–H groups in total. The van der Waals surface area contributed by atoms with Crippen LogP contribution in [0.3, 0.4) is 0 Å². The highest BCUT2D eigenvalue weighted by Crippen LogP contribution is 2.28. The Hall–Kier alpha value is -3.25. The number of ether oxygens (including phenoxy) is 2. The smallest absolute Gasteiger partial charge is 0.277 e. The molecule has 0 spiro atoms. The summed E-state index contributed by atoms with van der Waals surface area (Å²) in [4.78, 5) is 11.9. The van der Waals surface area contributed by atoms with Gasteiger partial charge in [0.1, 0.15) is 11.5 Å². The summed E-state index contributed by atoms with van der Waals surface area (Å²) >= 11 is 6.16. The van der Waals surface area contributed by atoms with Crippen LogP contribution >= 0.6 is 11.6 Å². The van der Waals surface area contributed by atoms with Crippen molar-refractivity contribution in [1.82, 2.24) is 5.43 Å². The number of carbonyl (C=O) groups is 1. The second-order valence-corrected chi connectivity index (χ2v) is 6.05. The van der Waals surface area contributed by atoms with E-state index < -0.39 is 5.91 Å². The first kappa shape index (κ1) is 19.5. The third kappa shape index (κ3) is 5.14. The summed E-state index contributed by atoms with van der Waals surface area (Å²) in [6.45, 7) is 2.20. The minimum absolute atomic E-state index is 0.190. The molecule has 0 radical (unpaired) electrons. The molecule has 0 saturated heterocycles. The highest BCUT2D eigenvalue weighted by molar-refractivity contribution is 6.33. The largest absolute Gasteiger partial charge is 0.490 e. The lowest BCUT2D eigenvalue weighted by atomic mass is 10.2. The van der Waals surface area contributed by atoms with Crippen LogP contribution in [0, 0.1) is 0 Å². The predicted octanol–water partition coefficient (Wildman–Crippen LogP) is 4.53. The van der Waals surface area contributed by atoms with E-state index >= 15 is 0 Å². The molecule has 6 nitrogen and oxygen atoms in total. The highest BCUT2D eigenvalue weighted by Gasteiger charge is 2.08. The molecule has 1 amide bonds. The van der Waals surface area contributed by atoms with Gasteiger partial charge in [-0.15, -0.1) is 0 Å². The van der Waals surface area contributed by atoms with Crippen LogP contribution in [0.5, 0.6) is 11.5 Å². The number of rotatable bonds is 8. The molecule has 28 heavy (non-hydrogen) atoms. The number of nitrogens with zero attached hydrogens (tertiary/aromatic N) is 1. The molecule has 0 aliphatic carbocycles. The molecule has 1 aromatic heterocycles. The predicted molar refractivity (Wildman–Crippen MR) is 108 cm³/mol. The Morgan fingerprint density at radius 2 is 1.79 bits per heavy atom. The number of nitrogens with one attached hydrogen (secondary N) is 1. The van der Waals surface area contributed by atoms with Crippen molar-refractivity contribution < 1.29 is 18.7 Å². The molecule has 1 heterocycles. The van der Waals surface area contributed by atoms with Gasteiger partial charge in [0.2, 0.25) is 0 Å². The molecular weight excluding hydrogens is 380 g/mol. The maximum Gasteiger partial charge on any atom is 0.277 e. The van der Waals surface area contributed by atoms with E-state index in [1.165, 1.54) is 6.21 Å². The monoisotopic (exact) mass is 398 g/mol. The average molecular weight is 399 g/mol. The lowest BCUT2D eigenvalue weighted by molar-refractivity contribution is -0.123. The van der Waals surface area contributed by atoms with Crippen molar-refractivity contribution in [2.75, 3.05) is 13.2 Å². The van der Waals surface area contributed by atoms with Crippen LogP contribution in [-0.4, -0.2) is 25.3 Å². The molecule has 0 atom stereocenters. The average Bonchev–Trinajstić information content (AvgIpc) is 3.16. The van der Waals surface area contributed by atoms with Crippen LogP contribution in [-0.2, 0) is 4.79 Å². The molecule has 0 fully saturated rings. The van der Waals surface area contributed by atoms with Crippen molar-refractivity contribution in [2.45, 2.75) is 6.92 Å². The lowest BCUT2D eigenvalue weighted by Crippen LogP contribution is -2.24. The summed E-state index contributed by atoms with van der Waals surface area (Å²) < 4.78 is 16.6. The summed E-state index contributed by atoms with van der Waals surface area (Å²) in [6, 6.07) is 18.1. The Labute approximate surface area is 167 Å². The molecular formula is C21H19ClN2O4. The fourth-order valence-electron chi connectivity index (χ4n) is 2.42.